The molecule has 0 aliphatic carbocycles. The monoisotopic (exact) mass is 355 g/mol. The van der Waals surface area contributed by atoms with Crippen molar-refractivity contribution >= 4 is 10.0 Å². The molecule has 1 aromatic carbocycles. The highest BCUT2D eigenvalue weighted by atomic mass is 32.2. The number of benzene rings is 1. The van der Waals surface area contributed by atoms with Gasteiger partial charge in [-0.2, -0.15) is 13.2 Å². The van der Waals surface area contributed by atoms with Gasteiger partial charge in [-0.1, -0.05) is 31.2 Å². The first kappa shape index (κ1) is 19.9. The molecule has 0 aliphatic heterocycles. The van der Waals surface area contributed by atoms with Gasteiger partial charge in [-0.3, -0.25) is 4.39 Å². The second-order valence-electron chi connectivity index (χ2n) is 5.25. The van der Waals surface area contributed by atoms with Crippen molar-refractivity contribution in [2.75, 3.05) is 13.2 Å². The SMILES string of the molecule is CCC(CNS(=O)(=O)C(F)(F)F)c1ccccc1CCCCF. The molecule has 0 bridgehead atoms. The fourth-order valence-electron chi connectivity index (χ4n) is 2.34. The van der Waals surface area contributed by atoms with Crippen molar-refractivity contribution in [3.63, 3.8) is 0 Å². The Hall–Kier alpha value is -1.15. The third kappa shape index (κ3) is 5.76. The largest absolute Gasteiger partial charge is 0.511 e. The molecule has 1 rings (SSSR count). The molecule has 1 atom stereocenters. The van der Waals surface area contributed by atoms with E-state index in [-0.39, 0.29) is 12.5 Å². The van der Waals surface area contributed by atoms with Crippen molar-refractivity contribution < 1.29 is 26.0 Å². The summed E-state index contributed by atoms with van der Waals surface area (Å²) in [6.07, 6.45) is 2.16. The van der Waals surface area contributed by atoms with Gasteiger partial charge in [0, 0.05) is 6.54 Å². The molecule has 0 saturated carbocycles. The Bertz CT molecular complexity index is 587. The van der Waals surface area contributed by atoms with E-state index in [1.165, 1.54) is 0 Å². The summed E-state index contributed by atoms with van der Waals surface area (Å²) in [5.74, 6) is -0.367. The van der Waals surface area contributed by atoms with Crippen LogP contribution in [0.3, 0.4) is 0 Å². The van der Waals surface area contributed by atoms with Crippen LogP contribution in [0, 0.1) is 0 Å². The molecule has 0 heterocycles. The lowest BCUT2D eigenvalue weighted by Crippen LogP contribution is -2.38. The highest BCUT2D eigenvalue weighted by Gasteiger charge is 2.45. The Labute approximate surface area is 134 Å². The second-order valence-corrected chi connectivity index (χ2v) is 7.01. The van der Waals surface area contributed by atoms with E-state index < -0.39 is 22.2 Å². The Morgan fingerprint density at radius 1 is 1.17 bits per heavy atom. The van der Waals surface area contributed by atoms with Gasteiger partial charge in [0.1, 0.15) is 0 Å². The summed E-state index contributed by atoms with van der Waals surface area (Å²) < 4.78 is 73.2. The normalized spacial score (nSPS) is 14.0. The molecule has 3 nitrogen and oxygen atoms in total. The van der Waals surface area contributed by atoms with Crippen molar-refractivity contribution in [1.29, 1.82) is 0 Å². The zero-order chi connectivity index (χ0) is 17.5. The Kier molecular flexibility index (Phi) is 7.47. The highest BCUT2D eigenvalue weighted by Crippen LogP contribution is 2.26. The summed E-state index contributed by atoms with van der Waals surface area (Å²) in [5.41, 5.74) is -3.59. The first-order chi connectivity index (χ1) is 10.7. The third-order valence-electron chi connectivity index (χ3n) is 3.64. The zero-order valence-electron chi connectivity index (χ0n) is 12.9. The number of sulfonamides is 1. The van der Waals surface area contributed by atoms with Crippen LogP contribution in [0.15, 0.2) is 24.3 Å². The number of rotatable bonds is 9. The summed E-state index contributed by atoms with van der Waals surface area (Å²) in [7, 11) is -5.34. The molecule has 0 aromatic heterocycles. The maximum absolute atomic E-state index is 12.4. The van der Waals surface area contributed by atoms with Crippen molar-refractivity contribution in [3.8, 4) is 0 Å². The van der Waals surface area contributed by atoms with Gasteiger partial charge in [-0.25, -0.2) is 13.1 Å². The van der Waals surface area contributed by atoms with Crippen LogP contribution in [-0.4, -0.2) is 27.1 Å². The van der Waals surface area contributed by atoms with Gasteiger partial charge in [-0.05, 0) is 42.7 Å². The van der Waals surface area contributed by atoms with E-state index in [0.29, 0.717) is 25.7 Å². The average molecular weight is 355 g/mol. The molecule has 0 amide bonds. The lowest BCUT2D eigenvalue weighted by atomic mass is 9.90. The fraction of sp³-hybridized carbons (Fsp3) is 0.600. The van der Waals surface area contributed by atoms with Crippen molar-refractivity contribution in [3.05, 3.63) is 35.4 Å². The van der Waals surface area contributed by atoms with E-state index in [4.69, 9.17) is 0 Å². The van der Waals surface area contributed by atoms with Gasteiger partial charge in [0.2, 0.25) is 0 Å². The van der Waals surface area contributed by atoms with Gasteiger partial charge in [0.25, 0.3) is 0 Å². The number of aryl methyl sites for hydroxylation is 1. The van der Waals surface area contributed by atoms with Crippen LogP contribution in [0.4, 0.5) is 17.6 Å². The molecule has 0 aliphatic rings. The predicted octanol–water partition coefficient (Wildman–Crippen LogP) is 3.91. The standard InChI is InChI=1S/C15H21F4NO2S/c1-2-12(11-20-23(21,22)15(17,18)19)14-9-4-3-7-13(14)8-5-6-10-16/h3-4,7,9,12,20H,2,5-6,8,10-11H2,1H3. The number of alkyl halides is 4. The number of hydrogen-bond acceptors (Lipinski definition) is 2. The Balaban J connectivity index is 2.86. The Morgan fingerprint density at radius 3 is 2.39 bits per heavy atom. The zero-order valence-corrected chi connectivity index (χ0v) is 13.7. The number of unbranched alkanes of at least 4 members (excludes halogenated alkanes) is 1. The maximum Gasteiger partial charge on any atom is 0.511 e. The highest BCUT2D eigenvalue weighted by molar-refractivity contribution is 7.90. The summed E-state index contributed by atoms with van der Waals surface area (Å²) in [4.78, 5) is 0. The van der Waals surface area contributed by atoms with Crippen LogP contribution in [0.2, 0.25) is 0 Å². The number of nitrogens with one attached hydrogen (secondary N) is 1. The number of hydrogen-bond donors (Lipinski definition) is 1. The van der Waals surface area contributed by atoms with Crippen LogP contribution >= 0.6 is 0 Å². The molecule has 0 fully saturated rings. The molecule has 132 valence electrons. The van der Waals surface area contributed by atoms with Crippen LogP contribution in [0.25, 0.3) is 0 Å². The summed E-state index contributed by atoms with van der Waals surface area (Å²) in [6, 6.07) is 7.19. The van der Waals surface area contributed by atoms with Gasteiger partial charge in [0.05, 0.1) is 6.67 Å². The van der Waals surface area contributed by atoms with Crippen molar-refractivity contribution in [2.24, 2.45) is 0 Å². The van der Waals surface area contributed by atoms with Gasteiger partial charge < -0.3 is 0 Å². The average Bonchev–Trinajstić information content (AvgIpc) is 2.48. The predicted molar refractivity (Wildman–Crippen MR) is 81.4 cm³/mol. The fourth-order valence-corrected chi connectivity index (χ4v) is 2.92. The molecular formula is C15H21F4NO2S. The second kappa shape index (κ2) is 8.63. The maximum atomic E-state index is 12.4. The third-order valence-corrected chi connectivity index (χ3v) is 4.80. The minimum absolute atomic E-state index is 0.321. The van der Waals surface area contributed by atoms with E-state index in [0.717, 1.165) is 11.1 Å². The van der Waals surface area contributed by atoms with E-state index in [1.807, 2.05) is 6.07 Å². The van der Waals surface area contributed by atoms with Crippen molar-refractivity contribution in [1.82, 2.24) is 4.72 Å². The number of halogens is 4. The topological polar surface area (TPSA) is 46.2 Å². The van der Waals surface area contributed by atoms with E-state index >= 15 is 0 Å². The van der Waals surface area contributed by atoms with Gasteiger partial charge in [-0.15, -0.1) is 0 Å². The minimum atomic E-state index is -5.34. The quantitative estimate of drug-likeness (QED) is 0.539. The lowest BCUT2D eigenvalue weighted by Gasteiger charge is -2.20. The van der Waals surface area contributed by atoms with Gasteiger partial charge in [0.15, 0.2) is 0 Å². The summed E-state index contributed by atoms with van der Waals surface area (Å²) in [6.45, 7) is 1.05. The summed E-state index contributed by atoms with van der Waals surface area (Å²) in [5, 5.41) is 0. The molecule has 23 heavy (non-hydrogen) atoms. The Morgan fingerprint density at radius 2 is 1.83 bits per heavy atom. The molecule has 1 aromatic rings. The lowest BCUT2D eigenvalue weighted by molar-refractivity contribution is -0.0448. The molecule has 1 N–H and O–H groups in total. The van der Waals surface area contributed by atoms with Crippen LogP contribution in [0.1, 0.15) is 43.2 Å². The molecular weight excluding hydrogens is 334 g/mol. The molecule has 0 spiro atoms. The van der Waals surface area contributed by atoms with Crippen LogP contribution in [-0.2, 0) is 16.4 Å². The van der Waals surface area contributed by atoms with E-state index in [2.05, 4.69) is 0 Å². The smallest absolute Gasteiger partial charge is 0.251 e. The first-order valence-corrected chi connectivity index (χ1v) is 8.91. The van der Waals surface area contributed by atoms with E-state index in [9.17, 15) is 26.0 Å². The van der Waals surface area contributed by atoms with Crippen LogP contribution in [0.5, 0.6) is 0 Å². The molecule has 8 heteroatoms. The molecule has 0 saturated heterocycles. The summed E-state index contributed by atoms with van der Waals surface area (Å²) >= 11 is 0. The first-order valence-electron chi connectivity index (χ1n) is 7.42. The van der Waals surface area contributed by atoms with Crippen LogP contribution < -0.4 is 4.72 Å². The van der Waals surface area contributed by atoms with Crippen molar-refractivity contribution in [2.45, 2.75) is 44.0 Å². The minimum Gasteiger partial charge on any atom is -0.251 e. The van der Waals surface area contributed by atoms with E-state index in [1.54, 1.807) is 29.8 Å². The molecule has 0 radical (unpaired) electrons. The van der Waals surface area contributed by atoms with Gasteiger partial charge >= 0.3 is 15.5 Å². The molecule has 1 unspecified atom stereocenters.